The first-order valence-corrected chi connectivity index (χ1v) is 20.6. The summed E-state index contributed by atoms with van der Waals surface area (Å²) in [4.78, 5) is 45.4. The third-order valence-corrected chi connectivity index (χ3v) is 13.4. The van der Waals surface area contributed by atoms with Crippen LogP contribution in [0.1, 0.15) is 85.1 Å². The van der Waals surface area contributed by atoms with Gasteiger partial charge in [-0.15, -0.1) is 0 Å². The molecule has 0 saturated carbocycles. The third-order valence-electron chi connectivity index (χ3n) is 9.04. The molecular weight excluding hydrogens is 667 g/mol. The number of amides is 2. The van der Waals surface area contributed by atoms with Crippen LogP contribution in [0, 0.1) is 5.92 Å². The van der Waals surface area contributed by atoms with E-state index in [9.17, 15) is 19.5 Å². The van der Waals surface area contributed by atoms with Gasteiger partial charge in [-0.2, -0.15) is 0 Å². The van der Waals surface area contributed by atoms with Gasteiger partial charge in [-0.05, 0) is 99.1 Å². The number of carbonyl (C=O) groups excluding carboxylic acids is 3. The zero-order chi connectivity index (χ0) is 38.1. The maximum atomic E-state index is 14.3. The van der Waals surface area contributed by atoms with Gasteiger partial charge >= 0.3 is 5.97 Å². The fourth-order valence-corrected chi connectivity index (χ4v) is 6.25. The topological polar surface area (TPSA) is 151 Å². The van der Waals surface area contributed by atoms with Crippen molar-refractivity contribution >= 4 is 32.2 Å². The highest BCUT2D eigenvalue weighted by Crippen LogP contribution is 2.37. The van der Waals surface area contributed by atoms with Crippen molar-refractivity contribution in [3.63, 3.8) is 0 Å². The van der Waals surface area contributed by atoms with Crippen LogP contribution in [0.2, 0.25) is 18.1 Å². The van der Waals surface area contributed by atoms with Crippen LogP contribution in [-0.4, -0.2) is 77.9 Å². The Balaban J connectivity index is 1.83. The highest BCUT2D eigenvalue weighted by atomic mass is 28.4. The quantitative estimate of drug-likeness (QED) is 0.111. The Hall–Kier alpha value is -3.62. The van der Waals surface area contributed by atoms with E-state index in [4.69, 9.17) is 13.9 Å². The number of rotatable bonds is 15. The number of ether oxygens (including phenoxy) is 2. The van der Waals surface area contributed by atoms with E-state index < -0.39 is 56.2 Å². The minimum Gasteiger partial charge on any atom is -0.543 e. The normalized spacial score (nSPS) is 17.3. The number of benzene rings is 1. The summed E-state index contributed by atoms with van der Waals surface area (Å²) in [5.74, 6) is -0.921. The summed E-state index contributed by atoms with van der Waals surface area (Å²) in [6.07, 6.45) is 3.02. The first-order chi connectivity index (χ1) is 23.7. The lowest BCUT2D eigenvalue weighted by molar-refractivity contribution is -0.188. The van der Waals surface area contributed by atoms with Crippen LogP contribution in [0.5, 0.6) is 5.75 Å². The molecule has 0 radical (unpaired) electrons. The summed E-state index contributed by atoms with van der Waals surface area (Å²) in [6.45, 7) is 24.0. The molecule has 0 bridgehead atoms. The van der Waals surface area contributed by atoms with Crippen molar-refractivity contribution in [1.29, 1.82) is 0 Å². The largest absolute Gasteiger partial charge is 0.543 e. The lowest BCUT2D eigenvalue weighted by atomic mass is 10.0. The van der Waals surface area contributed by atoms with E-state index in [1.54, 1.807) is 45.2 Å². The molecule has 4 unspecified atom stereocenters. The van der Waals surface area contributed by atoms with Gasteiger partial charge in [0.05, 0.1) is 17.3 Å². The molecule has 4 N–H and O–H groups in total. The van der Waals surface area contributed by atoms with Crippen LogP contribution in [-0.2, 0) is 36.9 Å². The summed E-state index contributed by atoms with van der Waals surface area (Å²) >= 11 is 0. The van der Waals surface area contributed by atoms with Crippen molar-refractivity contribution in [2.24, 2.45) is 5.92 Å². The number of aromatic nitrogens is 1. The summed E-state index contributed by atoms with van der Waals surface area (Å²) in [7, 11) is -2.15. The number of hydrazine groups is 1. The molecule has 1 aliphatic rings. The Labute approximate surface area is 304 Å². The molecule has 1 aliphatic heterocycles. The van der Waals surface area contributed by atoms with E-state index >= 15 is 0 Å². The molecule has 282 valence electrons. The van der Waals surface area contributed by atoms with Gasteiger partial charge in [0.25, 0.3) is 5.91 Å². The lowest BCUT2D eigenvalue weighted by Crippen LogP contribution is -2.62. The predicted molar refractivity (Wildman–Crippen MR) is 201 cm³/mol. The van der Waals surface area contributed by atoms with Crippen molar-refractivity contribution < 1.29 is 33.4 Å². The second-order valence-corrected chi connectivity index (χ2v) is 20.7. The summed E-state index contributed by atoms with van der Waals surface area (Å²) < 4.78 is 17.7. The molecule has 1 aromatic heterocycles. The Morgan fingerprint density at radius 3 is 2.45 bits per heavy atom. The highest BCUT2D eigenvalue weighted by Gasteiger charge is 2.39. The Bertz CT molecular complexity index is 1500. The van der Waals surface area contributed by atoms with Gasteiger partial charge in [0.15, 0.2) is 0 Å². The van der Waals surface area contributed by atoms with Crippen molar-refractivity contribution in [2.45, 2.75) is 130 Å². The van der Waals surface area contributed by atoms with Crippen LogP contribution in [0.15, 0.2) is 49.2 Å². The average Bonchev–Trinajstić information content (AvgIpc) is 3.04. The van der Waals surface area contributed by atoms with Gasteiger partial charge in [-0.25, -0.2) is 5.43 Å². The number of aliphatic hydroxyl groups is 1. The number of hydrogen-bond acceptors (Lipinski definition) is 10. The van der Waals surface area contributed by atoms with Gasteiger partial charge in [0, 0.05) is 19.2 Å². The lowest BCUT2D eigenvalue weighted by Gasteiger charge is -2.37. The van der Waals surface area contributed by atoms with Gasteiger partial charge in [-0.3, -0.25) is 29.7 Å². The smallest absolute Gasteiger partial charge is 0.325 e. The minimum absolute atomic E-state index is 0.0138. The standard InChI is InChI=1S/C38H59N5O7Si/c1-12-28-21-27(18-19-39-28)24-48-35(46)30-17-14-20-43(42-30)34(45)31(40-33(44)32(25(2)3)41-36(47)49-37(4,5)6)23-26-15-13-16-29(22-26)50-51(10,11)38(7,8)9/h12-13,15-16,18-19,21-22,25,30-32,36,41-42,47H,1,14,17,20,23-24H2,2-11H3,(H,40,44). The van der Waals surface area contributed by atoms with Gasteiger partial charge in [0.1, 0.15) is 24.4 Å². The maximum absolute atomic E-state index is 14.3. The van der Waals surface area contributed by atoms with Crippen molar-refractivity contribution in [1.82, 2.24) is 26.1 Å². The molecule has 0 spiro atoms. The molecule has 3 rings (SSSR count). The van der Waals surface area contributed by atoms with Gasteiger partial charge in [0.2, 0.25) is 20.6 Å². The van der Waals surface area contributed by atoms with Gasteiger partial charge < -0.3 is 24.3 Å². The molecule has 0 aliphatic carbocycles. The van der Waals surface area contributed by atoms with Crippen molar-refractivity contribution in [2.75, 3.05) is 6.54 Å². The SMILES string of the molecule is C=Cc1cc(COC(=O)C2CCCN(C(=O)C(Cc3cccc(O[Si](C)(C)C(C)(C)C)c3)NC(=O)C(NC(O)OC(C)(C)C)C(C)C)N2)ccn1. The van der Waals surface area contributed by atoms with Gasteiger partial charge in [-0.1, -0.05) is 53.3 Å². The summed E-state index contributed by atoms with van der Waals surface area (Å²) in [5, 5.41) is 17.8. The number of hydrogen-bond donors (Lipinski definition) is 4. The molecule has 1 saturated heterocycles. The molecule has 1 fully saturated rings. The zero-order valence-electron chi connectivity index (χ0n) is 32.0. The van der Waals surface area contributed by atoms with Crippen LogP contribution < -0.4 is 20.5 Å². The monoisotopic (exact) mass is 725 g/mol. The fraction of sp³-hybridized carbons (Fsp3) is 0.579. The summed E-state index contributed by atoms with van der Waals surface area (Å²) in [5.41, 5.74) is 4.63. The molecule has 4 atom stereocenters. The number of nitrogens with one attached hydrogen (secondary N) is 3. The third kappa shape index (κ3) is 12.8. The number of esters is 1. The van der Waals surface area contributed by atoms with E-state index in [0.29, 0.717) is 30.8 Å². The van der Waals surface area contributed by atoms with Crippen LogP contribution in [0.3, 0.4) is 0 Å². The van der Waals surface area contributed by atoms with E-state index in [-0.39, 0.29) is 24.0 Å². The number of nitrogens with zero attached hydrogens (tertiary/aromatic N) is 2. The molecule has 2 heterocycles. The first kappa shape index (κ1) is 41.8. The molecule has 51 heavy (non-hydrogen) atoms. The maximum Gasteiger partial charge on any atom is 0.325 e. The van der Waals surface area contributed by atoms with E-state index in [0.717, 1.165) is 11.1 Å². The van der Waals surface area contributed by atoms with Crippen molar-refractivity contribution in [3.8, 4) is 5.75 Å². The molecule has 1 aromatic carbocycles. The fourth-order valence-electron chi connectivity index (χ4n) is 5.23. The summed E-state index contributed by atoms with van der Waals surface area (Å²) in [6, 6.07) is 8.49. The second-order valence-electron chi connectivity index (χ2n) is 16.0. The Kier molecular flexibility index (Phi) is 14.5. The Morgan fingerprint density at radius 1 is 1.12 bits per heavy atom. The Morgan fingerprint density at radius 2 is 1.82 bits per heavy atom. The number of pyridine rings is 1. The van der Waals surface area contributed by atoms with E-state index in [2.05, 4.69) is 61.5 Å². The second kappa shape index (κ2) is 17.7. The molecular formula is C38H59N5O7Si. The minimum atomic E-state index is -2.15. The van der Waals surface area contributed by atoms with E-state index in [1.807, 2.05) is 38.1 Å². The molecule has 2 amide bonds. The molecule has 13 heteroatoms. The first-order valence-electron chi connectivity index (χ1n) is 17.7. The van der Waals surface area contributed by atoms with Crippen LogP contribution >= 0.6 is 0 Å². The number of aliphatic hydroxyl groups excluding tert-OH is 1. The zero-order valence-corrected chi connectivity index (χ0v) is 33.0. The van der Waals surface area contributed by atoms with Crippen LogP contribution in [0.25, 0.3) is 6.08 Å². The average molecular weight is 726 g/mol. The van der Waals surface area contributed by atoms with E-state index in [1.165, 1.54) is 5.01 Å². The number of carbonyl (C=O) groups is 3. The molecule has 12 nitrogen and oxygen atoms in total. The predicted octanol–water partition coefficient (Wildman–Crippen LogP) is 5.08. The van der Waals surface area contributed by atoms with Crippen LogP contribution in [0.4, 0.5) is 0 Å². The highest BCUT2D eigenvalue weighted by molar-refractivity contribution is 6.74. The molecule has 2 aromatic rings. The van der Waals surface area contributed by atoms with Crippen molar-refractivity contribution in [3.05, 3.63) is 66.0 Å².